The first-order valence-electron chi connectivity index (χ1n) is 14.6. The second-order valence-electron chi connectivity index (χ2n) is 10.6. The van der Waals surface area contributed by atoms with Gasteiger partial charge >= 0.3 is 0 Å². The van der Waals surface area contributed by atoms with Crippen LogP contribution in [0.2, 0.25) is 0 Å². The number of hydrogen-bond acceptors (Lipinski definition) is 5. The van der Waals surface area contributed by atoms with Crippen molar-refractivity contribution >= 4 is 0 Å². The minimum Gasteiger partial charge on any atom is -0.375 e. The first-order chi connectivity index (χ1) is 20.3. The topological polar surface area (TPSA) is 49.0 Å². The molecular formula is C36H41NO4. The van der Waals surface area contributed by atoms with Crippen molar-refractivity contribution < 1.29 is 18.9 Å². The number of benzene rings is 4. The highest BCUT2D eigenvalue weighted by atomic mass is 16.6. The fraction of sp³-hybridized carbons (Fsp3) is 0.333. The van der Waals surface area contributed by atoms with Crippen LogP contribution in [0.4, 0.5) is 0 Å². The third kappa shape index (κ3) is 8.59. The number of rotatable bonds is 14. The molecule has 4 aromatic carbocycles. The average Bonchev–Trinajstić information content (AvgIpc) is 3.04. The first kappa shape index (κ1) is 29.2. The van der Waals surface area contributed by atoms with Crippen molar-refractivity contribution in [1.82, 2.24) is 5.32 Å². The predicted molar refractivity (Wildman–Crippen MR) is 162 cm³/mol. The monoisotopic (exact) mass is 551 g/mol. The summed E-state index contributed by atoms with van der Waals surface area (Å²) in [5.41, 5.74) is 4.54. The lowest BCUT2D eigenvalue weighted by Crippen LogP contribution is -2.67. The second-order valence-corrected chi connectivity index (χ2v) is 10.6. The molecule has 0 unspecified atom stereocenters. The third-order valence-electron chi connectivity index (χ3n) is 7.57. The first-order valence-corrected chi connectivity index (χ1v) is 14.6. The molecule has 0 aromatic heterocycles. The van der Waals surface area contributed by atoms with Crippen LogP contribution in [0.5, 0.6) is 0 Å². The Bertz CT molecular complexity index is 1260. The maximum absolute atomic E-state index is 6.75. The van der Waals surface area contributed by atoms with Gasteiger partial charge in [0.25, 0.3) is 0 Å². The van der Waals surface area contributed by atoms with Crippen molar-refractivity contribution in [3.63, 3.8) is 0 Å². The molecule has 1 N–H and O–H groups in total. The summed E-state index contributed by atoms with van der Waals surface area (Å²) in [6, 6.07) is 41.2. The van der Waals surface area contributed by atoms with Gasteiger partial charge in [-0.15, -0.1) is 0 Å². The van der Waals surface area contributed by atoms with Crippen molar-refractivity contribution in [1.29, 1.82) is 0 Å². The van der Waals surface area contributed by atoms with Gasteiger partial charge in [-0.3, -0.25) is 0 Å². The SMILES string of the molecule is CC[C@@H]1N[C@@H](COCc2ccccc2)[C@@H](OCc2ccccc2)[C@H](OCc2ccccc2)[C@H]1OCc1ccccc1. The molecule has 1 aliphatic heterocycles. The largest absolute Gasteiger partial charge is 0.375 e. The minimum absolute atomic E-state index is 0.0651. The van der Waals surface area contributed by atoms with Gasteiger partial charge in [-0.25, -0.2) is 0 Å². The molecule has 0 saturated carbocycles. The number of hydrogen-bond donors (Lipinski definition) is 1. The van der Waals surface area contributed by atoms with Crippen LogP contribution in [0, 0.1) is 0 Å². The highest BCUT2D eigenvalue weighted by Crippen LogP contribution is 2.28. The molecule has 0 aliphatic carbocycles. The van der Waals surface area contributed by atoms with Crippen LogP contribution in [-0.2, 0) is 45.4 Å². The molecule has 1 saturated heterocycles. The maximum Gasteiger partial charge on any atom is 0.113 e. The van der Waals surface area contributed by atoms with Crippen LogP contribution in [0.25, 0.3) is 0 Å². The number of ether oxygens (including phenoxy) is 4. The molecule has 5 rings (SSSR count). The highest BCUT2D eigenvalue weighted by Gasteiger charge is 2.46. The Balaban J connectivity index is 1.38. The molecule has 214 valence electrons. The second kappa shape index (κ2) is 15.6. The van der Waals surface area contributed by atoms with Crippen LogP contribution < -0.4 is 5.32 Å². The molecular weight excluding hydrogens is 510 g/mol. The van der Waals surface area contributed by atoms with Crippen LogP contribution >= 0.6 is 0 Å². The van der Waals surface area contributed by atoms with Gasteiger partial charge in [0.05, 0.1) is 39.1 Å². The highest BCUT2D eigenvalue weighted by molar-refractivity contribution is 5.17. The van der Waals surface area contributed by atoms with E-state index in [4.69, 9.17) is 18.9 Å². The van der Waals surface area contributed by atoms with E-state index in [2.05, 4.69) is 60.8 Å². The molecule has 1 fully saturated rings. The Morgan fingerprint density at radius 3 is 1.24 bits per heavy atom. The van der Waals surface area contributed by atoms with Gasteiger partial charge < -0.3 is 24.3 Å². The quantitative estimate of drug-likeness (QED) is 0.189. The van der Waals surface area contributed by atoms with E-state index >= 15 is 0 Å². The van der Waals surface area contributed by atoms with Gasteiger partial charge in [0.1, 0.15) is 18.3 Å². The van der Waals surface area contributed by atoms with Crippen LogP contribution in [0.15, 0.2) is 121 Å². The van der Waals surface area contributed by atoms with E-state index in [-0.39, 0.29) is 30.4 Å². The average molecular weight is 552 g/mol. The summed E-state index contributed by atoms with van der Waals surface area (Å²) in [5.74, 6) is 0. The summed E-state index contributed by atoms with van der Waals surface area (Å²) in [5, 5.41) is 3.84. The van der Waals surface area contributed by atoms with Gasteiger partial charge in [0, 0.05) is 6.04 Å². The molecule has 4 aromatic rings. The van der Waals surface area contributed by atoms with Crippen molar-refractivity contribution in [2.45, 2.75) is 70.2 Å². The van der Waals surface area contributed by atoms with Crippen molar-refractivity contribution in [2.24, 2.45) is 0 Å². The maximum atomic E-state index is 6.75. The summed E-state index contributed by atoms with van der Waals surface area (Å²) >= 11 is 0. The third-order valence-corrected chi connectivity index (χ3v) is 7.57. The summed E-state index contributed by atoms with van der Waals surface area (Å²) in [4.78, 5) is 0. The zero-order valence-electron chi connectivity index (χ0n) is 23.8. The van der Waals surface area contributed by atoms with Crippen molar-refractivity contribution in [3.8, 4) is 0 Å². The molecule has 0 bridgehead atoms. The Morgan fingerprint density at radius 1 is 0.463 bits per heavy atom. The summed E-state index contributed by atoms with van der Waals surface area (Å²) in [6.45, 7) is 4.71. The van der Waals surface area contributed by atoms with E-state index in [1.807, 2.05) is 72.8 Å². The summed E-state index contributed by atoms with van der Waals surface area (Å²) in [7, 11) is 0. The van der Waals surface area contributed by atoms with E-state index in [0.717, 1.165) is 28.7 Å². The van der Waals surface area contributed by atoms with Crippen LogP contribution in [0.1, 0.15) is 35.6 Å². The van der Waals surface area contributed by atoms with Crippen LogP contribution in [-0.4, -0.2) is 37.0 Å². The standard InChI is InChI=1S/C36H41NO4/c1-2-32-34(39-24-29-17-9-4-10-18-29)36(41-26-31-21-13-6-14-22-31)35(40-25-30-19-11-5-12-20-30)33(37-32)27-38-23-28-15-7-3-8-16-28/h3-22,32-37H,2,23-27H2,1H3/t32-,33-,34-,35+,36+/m0/s1. The number of nitrogens with one attached hydrogen (secondary N) is 1. The summed E-state index contributed by atoms with van der Waals surface area (Å²) in [6.07, 6.45) is 0.123. The molecule has 0 amide bonds. The van der Waals surface area contributed by atoms with Gasteiger partial charge in [-0.2, -0.15) is 0 Å². The molecule has 0 radical (unpaired) electrons. The predicted octanol–water partition coefficient (Wildman–Crippen LogP) is 6.71. The van der Waals surface area contributed by atoms with Gasteiger partial charge in [0.15, 0.2) is 0 Å². The molecule has 5 heteroatoms. The molecule has 5 atom stereocenters. The molecule has 5 nitrogen and oxygen atoms in total. The fourth-order valence-corrected chi connectivity index (χ4v) is 5.39. The van der Waals surface area contributed by atoms with Crippen molar-refractivity contribution in [3.05, 3.63) is 144 Å². The minimum atomic E-state index is -0.292. The zero-order chi connectivity index (χ0) is 28.1. The van der Waals surface area contributed by atoms with E-state index in [1.54, 1.807) is 0 Å². The fourth-order valence-electron chi connectivity index (χ4n) is 5.39. The normalized spacial score (nSPS) is 22.4. The smallest absolute Gasteiger partial charge is 0.113 e. The molecule has 0 spiro atoms. The van der Waals surface area contributed by atoms with E-state index in [0.29, 0.717) is 33.0 Å². The van der Waals surface area contributed by atoms with E-state index < -0.39 is 0 Å². The van der Waals surface area contributed by atoms with Gasteiger partial charge in [-0.05, 0) is 28.7 Å². The van der Waals surface area contributed by atoms with Crippen LogP contribution in [0.3, 0.4) is 0 Å². The van der Waals surface area contributed by atoms with Gasteiger partial charge in [-0.1, -0.05) is 128 Å². The lowest BCUT2D eigenvalue weighted by molar-refractivity contribution is -0.194. The zero-order valence-corrected chi connectivity index (χ0v) is 23.8. The Hall–Kier alpha value is -3.32. The lowest BCUT2D eigenvalue weighted by Gasteiger charge is -2.47. The number of piperidine rings is 1. The van der Waals surface area contributed by atoms with Crippen molar-refractivity contribution in [2.75, 3.05) is 6.61 Å². The van der Waals surface area contributed by atoms with Gasteiger partial charge in [0.2, 0.25) is 0 Å². The lowest BCUT2D eigenvalue weighted by atomic mass is 9.88. The molecule has 41 heavy (non-hydrogen) atoms. The Labute approximate surface area is 244 Å². The summed E-state index contributed by atoms with van der Waals surface area (Å²) < 4.78 is 26.4. The van der Waals surface area contributed by atoms with E-state index in [1.165, 1.54) is 0 Å². The van der Waals surface area contributed by atoms with E-state index in [9.17, 15) is 0 Å². The molecule has 1 heterocycles. The Morgan fingerprint density at radius 2 is 0.829 bits per heavy atom. The Kier molecular flexibility index (Phi) is 11.1. The molecule has 1 aliphatic rings.